The normalized spacial score (nSPS) is 11.4. The van der Waals surface area contributed by atoms with Crippen LogP contribution in [-0.4, -0.2) is 29.5 Å². The summed E-state index contributed by atoms with van der Waals surface area (Å²) < 4.78 is 27.9. The summed E-state index contributed by atoms with van der Waals surface area (Å²) in [4.78, 5) is 18.9. The van der Waals surface area contributed by atoms with Crippen LogP contribution in [0.2, 0.25) is 0 Å². The zero-order chi connectivity index (χ0) is 19.7. The van der Waals surface area contributed by atoms with Gasteiger partial charge in [0.1, 0.15) is 5.82 Å². The van der Waals surface area contributed by atoms with Crippen molar-refractivity contribution in [3.8, 4) is 11.4 Å². The maximum atomic E-state index is 12.8. The molecule has 140 valence electrons. The first-order valence-corrected chi connectivity index (χ1v) is 9.83. The lowest BCUT2D eigenvalue weighted by atomic mass is 10.2. The van der Waals surface area contributed by atoms with E-state index < -0.39 is 16.0 Å². The molecular formula is C20H15N3O4S. The molecule has 0 aliphatic rings. The number of aromatic amines is 1. The van der Waals surface area contributed by atoms with Crippen LogP contribution in [0.3, 0.4) is 0 Å². The number of hydrogen-bond acceptors (Lipinski definition) is 4. The number of carboxylic acid groups (broad SMARTS) is 1. The Bertz CT molecular complexity index is 1280. The highest BCUT2D eigenvalue weighted by atomic mass is 32.2. The van der Waals surface area contributed by atoms with Gasteiger partial charge in [0, 0.05) is 5.56 Å². The second-order valence-corrected chi connectivity index (χ2v) is 7.77. The number of aromatic nitrogens is 2. The monoisotopic (exact) mass is 393 g/mol. The van der Waals surface area contributed by atoms with E-state index in [2.05, 4.69) is 14.7 Å². The number of H-pyrrole nitrogens is 1. The van der Waals surface area contributed by atoms with Crippen molar-refractivity contribution in [1.29, 1.82) is 0 Å². The van der Waals surface area contributed by atoms with Gasteiger partial charge >= 0.3 is 5.97 Å². The highest BCUT2D eigenvalue weighted by Gasteiger charge is 2.19. The molecule has 8 heteroatoms. The van der Waals surface area contributed by atoms with Crippen molar-refractivity contribution in [2.24, 2.45) is 0 Å². The Morgan fingerprint density at radius 3 is 2.43 bits per heavy atom. The maximum Gasteiger partial charge on any atom is 0.337 e. The Kier molecular flexibility index (Phi) is 4.32. The molecule has 0 amide bonds. The molecule has 4 aromatic rings. The van der Waals surface area contributed by atoms with Crippen LogP contribution in [0, 0.1) is 0 Å². The SMILES string of the molecule is O=C(O)c1ccccc1NS(=O)(=O)c1ccc2nc(-c3ccccc3)[nH]c2c1. The van der Waals surface area contributed by atoms with Gasteiger partial charge in [-0.25, -0.2) is 18.2 Å². The van der Waals surface area contributed by atoms with Gasteiger partial charge in [-0.1, -0.05) is 42.5 Å². The number of carboxylic acids is 1. The van der Waals surface area contributed by atoms with Crippen molar-refractivity contribution in [1.82, 2.24) is 9.97 Å². The molecule has 0 aliphatic carbocycles. The molecule has 0 atom stereocenters. The summed E-state index contributed by atoms with van der Waals surface area (Å²) in [6.45, 7) is 0. The largest absolute Gasteiger partial charge is 0.478 e. The number of imidazole rings is 1. The van der Waals surface area contributed by atoms with E-state index >= 15 is 0 Å². The van der Waals surface area contributed by atoms with Gasteiger partial charge in [0.25, 0.3) is 10.0 Å². The van der Waals surface area contributed by atoms with Gasteiger partial charge in [-0.2, -0.15) is 0 Å². The van der Waals surface area contributed by atoms with E-state index in [0.717, 1.165) is 5.56 Å². The fourth-order valence-electron chi connectivity index (χ4n) is 2.85. The lowest BCUT2D eigenvalue weighted by molar-refractivity contribution is 0.0698. The number of fused-ring (bicyclic) bond motifs is 1. The molecule has 0 radical (unpaired) electrons. The van der Waals surface area contributed by atoms with Gasteiger partial charge in [-0.3, -0.25) is 4.72 Å². The Morgan fingerprint density at radius 1 is 0.964 bits per heavy atom. The van der Waals surface area contributed by atoms with E-state index in [1.54, 1.807) is 12.1 Å². The number of benzene rings is 3. The van der Waals surface area contributed by atoms with E-state index in [0.29, 0.717) is 16.9 Å². The van der Waals surface area contributed by atoms with Gasteiger partial charge in [0.2, 0.25) is 0 Å². The van der Waals surface area contributed by atoms with Crippen molar-refractivity contribution in [3.05, 3.63) is 78.4 Å². The average Bonchev–Trinajstić information content (AvgIpc) is 3.12. The number of rotatable bonds is 5. The van der Waals surface area contributed by atoms with E-state index in [1.165, 1.54) is 30.3 Å². The van der Waals surface area contributed by atoms with E-state index in [1.807, 2.05) is 30.3 Å². The molecule has 0 fully saturated rings. The number of anilines is 1. The molecule has 0 aliphatic heterocycles. The van der Waals surface area contributed by atoms with Crippen LogP contribution in [0.1, 0.15) is 10.4 Å². The van der Waals surface area contributed by atoms with Gasteiger partial charge in [-0.05, 0) is 30.3 Å². The summed E-state index contributed by atoms with van der Waals surface area (Å²) in [5.74, 6) is -0.579. The van der Waals surface area contributed by atoms with Crippen molar-refractivity contribution < 1.29 is 18.3 Å². The number of sulfonamides is 1. The van der Waals surface area contributed by atoms with Gasteiger partial charge in [0.05, 0.1) is 27.2 Å². The quantitative estimate of drug-likeness (QED) is 0.478. The number of aromatic carboxylic acids is 1. The van der Waals surface area contributed by atoms with E-state index in [9.17, 15) is 18.3 Å². The third kappa shape index (κ3) is 3.33. The summed E-state index contributed by atoms with van der Waals surface area (Å²) in [5, 5.41) is 9.24. The molecule has 0 spiro atoms. The van der Waals surface area contributed by atoms with Crippen molar-refractivity contribution in [2.75, 3.05) is 4.72 Å². The number of hydrogen-bond donors (Lipinski definition) is 3. The minimum atomic E-state index is -3.98. The van der Waals surface area contributed by atoms with Crippen molar-refractivity contribution in [3.63, 3.8) is 0 Å². The lowest BCUT2D eigenvalue weighted by Gasteiger charge is -2.10. The van der Waals surface area contributed by atoms with Gasteiger partial charge in [-0.15, -0.1) is 0 Å². The molecule has 7 nitrogen and oxygen atoms in total. The fourth-order valence-corrected chi connectivity index (χ4v) is 3.96. The fraction of sp³-hybridized carbons (Fsp3) is 0. The first kappa shape index (κ1) is 17.7. The standard InChI is InChI=1S/C20H15N3O4S/c24-20(25)15-8-4-5-9-16(15)23-28(26,27)14-10-11-17-18(12-14)22-19(21-17)13-6-2-1-3-7-13/h1-12,23H,(H,21,22)(H,24,25). The Hall–Kier alpha value is -3.65. The lowest BCUT2D eigenvalue weighted by Crippen LogP contribution is -2.15. The van der Waals surface area contributed by atoms with Crippen LogP contribution in [0.25, 0.3) is 22.4 Å². The molecule has 4 rings (SSSR count). The smallest absolute Gasteiger partial charge is 0.337 e. The molecule has 0 bridgehead atoms. The highest BCUT2D eigenvalue weighted by Crippen LogP contribution is 2.25. The minimum absolute atomic E-state index is 0.00320. The Morgan fingerprint density at radius 2 is 1.68 bits per heavy atom. The van der Waals surface area contributed by atoms with Crippen molar-refractivity contribution >= 4 is 32.7 Å². The van der Waals surface area contributed by atoms with E-state index in [-0.39, 0.29) is 16.1 Å². The predicted octanol–water partition coefficient (Wildman–Crippen LogP) is 3.73. The zero-order valence-electron chi connectivity index (χ0n) is 14.5. The molecule has 1 aromatic heterocycles. The number of nitrogens with one attached hydrogen (secondary N) is 2. The van der Waals surface area contributed by atoms with Crippen LogP contribution in [-0.2, 0) is 10.0 Å². The third-order valence-corrected chi connectivity index (χ3v) is 5.58. The third-order valence-electron chi connectivity index (χ3n) is 4.21. The summed E-state index contributed by atoms with van der Waals surface area (Å²) in [6.07, 6.45) is 0. The van der Waals surface area contributed by atoms with Gasteiger partial charge in [0.15, 0.2) is 0 Å². The van der Waals surface area contributed by atoms with Crippen LogP contribution in [0.4, 0.5) is 5.69 Å². The molecule has 0 saturated heterocycles. The number of nitrogens with zero attached hydrogens (tertiary/aromatic N) is 1. The van der Waals surface area contributed by atoms with Crippen LogP contribution < -0.4 is 4.72 Å². The molecule has 3 N–H and O–H groups in total. The summed E-state index contributed by atoms with van der Waals surface area (Å²) in [7, 11) is -3.98. The average molecular weight is 393 g/mol. The highest BCUT2D eigenvalue weighted by molar-refractivity contribution is 7.92. The summed E-state index contributed by atoms with van der Waals surface area (Å²) in [5.41, 5.74) is 1.96. The summed E-state index contributed by atoms with van der Waals surface area (Å²) >= 11 is 0. The maximum absolute atomic E-state index is 12.8. The topological polar surface area (TPSA) is 112 Å². The molecular weight excluding hydrogens is 378 g/mol. The Balaban J connectivity index is 1.71. The molecule has 0 unspecified atom stereocenters. The van der Waals surface area contributed by atoms with Crippen LogP contribution >= 0.6 is 0 Å². The van der Waals surface area contributed by atoms with Crippen LogP contribution in [0.15, 0.2) is 77.7 Å². The molecule has 3 aromatic carbocycles. The molecule has 1 heterocycles. The molecule has 0 saturated carbocycles. The second-order valence-electron chi connectivity index (χ2n) is 6.09. The zero-order valence-corrected chi connectivity index (χ0v) is 15.3. The van der Waals surface area contributed by atoms with Crippen LogP contribution in [0.5, 0.6) is 0 Å². The minimum Gasteiger partial charge on any atom is -0.478 e. The number of para-hydroxylation sites is 1. The summed E-state index contributed by atoms with van der Waals surface area (Å²) in [6, 6.07) is 19.8. The van der Waals surface area contributed by atoms with E-state index in [4.69, 9.17) is 0 Å². The van der Waals surface area contributed by atoms with Gasteiger partial charge < -0.3 is 10.1 Å². The first-order valence-electron chi connectivity index (χ1n) is 8.34. The molecule has 28 heavy (non-hydrogen) atoms. The first-order chi connectivity index (χ1) is 13.4. The van der Waals surface area contributed by atoms with Crippen molar-refractivity contribution in [2.45, 2.75) is 4.90 Å². The Labute approximate surface area is 160 Å². The second kappa shape index (κ2) is 6.82. The predicted molar refractivity (Wildman–Crippen MR) is 106 cm³/mol. The number of carbonyl (C=O) groups is 1.